The molecule has 1 amide bonds. The van der Waals surface area contributed by atoms with E-state index in [0.717, 1.165) is 27.0 Å². The van der Waals surface area contributed by atoms with Gasteiger partial charge in [-0.3, -0.25) is 4.79 Å². The number of aryl methyl sites for hydroxylation is 1. The molecule has 0 aliphatic rings. The highest BCUT2D eigenvalue weighted by Gasteiger charge is 2.08. The molecule has 0 heterocycles. The van der Waals surface area contributed by atoms with Gasteiger partial charge in [-0.1, -0.05) is 41.9 Å². The first-order chi connectivity index (χ1) is 13.5. The third-order valence-corrected chi connectivity index (χ3v) is 5.27. The summed E-state index contributed by atoms with van der Waals surface area (Å²) < 4.78 is 6.60. The van der Waals surface area contributed by atoms with Crippen molar-refractivity contribution in [2.75, 3.05) is 17.2 Å². The fraction of sp³-hybridized carbons (Fsp3) is 0.136. The van der Waals surface area contributed by atoms with Gasteiger partial charge in [-0.25, -0.2) is 0 Å². The Hall–Kier alpha value is -2.50. The summed E-state index contributed by atoms with van der Waals surface area (Å²) in [5.74, 6) is 0.464. The second-order valence-electron chi connectivity index (χ2n) is 6.30. The Morgan fingerprint density at radius 1 is 1.04 bits per heavy atom. The molecule has 2 N–H and O–H groups in total. The van der Waals surface area contributed by atoms with Crippen molar-refractivity contribution in [3.8, 4) is 5.75 Å². The van der Waals surface area contributed by atoms with Crippen LogP contribution in [0.15, 0.2) is 71.2 Å². The van der Waals surface area contributed by atoms with Gasteiger partial charge >= 0.3 is 0 Å². The number of hydrogen-bond donors (Lipinski definition) is 2. The van der Waals surface area contributed by atoms with Gasteiger partial charge in [0.25, 0.3) is 5.91 Å². The van der Waals surface area contributed by atoms with E-state index in [1.54, 1.807) is 0 Å². The molecule has 28 heavy (non-hydrogen) atoms. The molecule has 0 unspecified atom stereocenters. The Kier molecular flexibility index (Phi) is 6.95. The van der Waals surface area contributed by atoms with Crippen molar-refractivity contribution in [2.45, 2.75) is 13.5 Å². The number of halogens is 2. The van der Waals surface area contributed by atoms with E-state index in [4.69, 9.17) is 16.3 Å². The molecule has 0 aliphatic carbocycles. The summed E-state index contributed by atoms with van der Waals surface area (Å²) >= 11 is 9.51. The Morgan fingerprint density at radius 2 is 1.86 bits per heavy atom. The quantitative estimate of drug-likeness (QED) is 0.453. The van der Waals surface area contributed by atoms with Crippen LogP contribution < -0.4 is 15.4 Å². The smallest absolute Gasteiger partial charge is 0.262 e. The van der Waals surface area contributed by atoms with E-state index in [1.807, 2.05) is 73.7 Å². The zero-order valence-electron chi connectivity index (χ0n) is 15.3. The fourth-order valence-corrected chi connectivity index (χ4v) is 3.08. The average Bonchev–Trinajstić information content (AvgIpc) is 2.68. The summed E-state index contributed by atoms with van der Waals surface area (Å²) in [6.07, 6.45) is 0. The number of ether oxygens (including phenoxy) is 1. The number of anilines is 2. The molecule has 3 aromatic rings. The minimum Gasteiger partial charge on any atom is -0.483 e. The number of carbonyl (C=O) groups excluding carboxylic acids is 1. The van der Waals surface area contributed by atoms with E-state index in [0.29, 0.717) is 17.3 Å². The van der Waals surface area contributed by atoms with Crippen LogP contribution in [0.3, 0.4) is 0 Å². The first kappa shape index (κ1) is 20.2. The van der Waals surface area contributed by atoms with Crippen LogP contribution in [0, 0.1) is 6.92 Å². The largest absolute Gasteiger partial charge is 0.483 e. The van der Waals surface area contributed by atoms with Crippen LogP contribution in [-0.4, -0.2) is 12.5 Å². The SMILES string of the molecule is Cc1cccc(NC(=O)COc2ccccc2CNc2ccc(Br)c(Cl)c2)c1. The van der Waals surface area contributed by atoms with Gasteiger partial charge in [0, 0.05) is 28.0 Å². The number of rotatable bonds is 7. The molecule has 0 atom stereocenters. The monoisotopic (exact) mass is 458 g/mol. The Balaban J connectivity index is 1.58. The molecule has 144 valence electrons. The van der Waals surface area contributed by atoms with Crippen molar-refractivity contribution in [3.05, 3.63) is 87.4 Å². The van der Waals surface area contributed by atoms with Crippen molar-refractivity contribution in [3.63, 3.8) is 0 Å². The van der Waals surface area contributed by atoms with Gasteiger partial charge < -0.3 is 15.4 Å². The van der Waals surface area contributed by atoms with Crippen LogP contribution in [0.2, 0.25) is 5.02 Å². The van der Waals surface area contributed by atoms with Gasteiger partial charge in [-0.2, -0.15) is 0 Å². The molecular weight excluding hydrogens is 440 g/mol. The van der Waals surface area contributed by atoms with E-state index >= 15 is 0 Å². The van der Waals surface area contributed by atoms with E-state index in [-0.39, 0.29) is 12.5 Å². The fourth-order valence-electron chi connectivity index (χ4n) is 2.66. The van der Waals surface area contributed by atoms with Crippen LogP contribution in [0.25, 0.3) is 0 Å². The van der Waals surface area contributed by atoms with Gasteiger partial charge in [-0.15, -0.1) is 0 Å². The number of nitrogens with one attached hydrogen (secondary N) is 2. The predicted molar refractivity (Wildman–Crippen MR) is 118 cm³/mol. The summed E-state index contributed by atoms with van der Waals surface area (Å²) in [5.41, 5.74) is 3.70. The Labute approximate surface area is 178 Å². The van der Waals surface area contributed by atoms with Crippen molar-refractivity contribution >= 4 is 44.8 Å². The second-order valence-corrected chi connectivity index (χ2v) is 7.56. The molecule has 0 aliphatic heterocycles. The van der Waals surface area contributed by atoms with Crippen molar-refractivity contribution < 1.29 is 9.53 Å². The number of carbonyl (C=O) groups is 1. The van der Waals surface area contributed by atoms with Gasteiger partial charge in [0.2, 0.25) is 0 Å². The molecule has 0 saturated carbocycles. The molecule has 0 saturated heterocycles. The zero-order chi connectivity index (χ0) is 19.9. The highest BCUT2D eigenvalue weighted by atomic mass is 79.9. The Bertz CT molecular complexity index is 978. The lowest BCUT2D eigenvalue weighted by atomic mass is 10.2. The van der Waals surface area contributed by atoms with E-state index in [1.165, 1.54) is 0 Å². The lowest BCUT2D eigenvalue weighted by molar-refractivity contribution is -0.118. The molecule has 0 bridgehead atoms. The molecule has 0 radical (unpaired) electrons. The number of amides is 1. The van der Waals surface area contributed by atoms with E-state index in [9.17, 15) is 4.79 Å². The molecule has 0 spiro atoms. The van der Waals surface area contributed by atoms with Gasteiger partial charge in [0.15, 0.2) is 6.61 Å². The van der Waals surface area contributed by atoms with Crippen LogP contribution >= 0.6 is 27.5 Å². The highest BCUT2D eigenvalue weighted by Crippen LogP contribution is 2.26. The molecular formula is C22H20BrClN2O2. The normalized spacial score (nSPS) is 10.4. The van der Waals surface area contributed by atoms with Crippen LogP contribution in [0.4, 0.5) is 11.4 Å². The third kappa shape index (κ3) is 5.75. The maximum Gasteiger partial charge on any atom is 0.262 e. The average molecular weight is 460 g/mol. The summed E-state index contributed by atoms with van der Waals surface area (Å²) in [5, 5.41) is 6.80. The maximum atomic E-state index is 12.2. The predicted octanol–water partition coefficient (Wildman–Crippen LogP) is 6.04. The lowest BCUT2D eigenvalue weighted by Gasteiger charge is -2.13. The molecule has 0 aromatic heterocycles. The van der Waals surface area contributed by atoms with Gasteiger partial charge in [0.1, 0.15) is 5.75 Å². The van der Waals surface area contributed by atoms with E-state index < -0.39 is 0 Å². The van der Waals surface area contributed by atoms with Crippen LogP contribution in [-0.2, 0) is 11.3 Å². The first-order valence-electron chi connectivity index (χ1n) is 8.77. The number of hydrogen-bond acceptors (Lipinski definition) is 3. The first-order valence-corrected chi connectivity index (χ1v) is 9.94. The topological polar surface area (TPSA) is 50.4 Å². The third-order valence-electron chi connectivity index (χ3n) is 4.04. The minimum absolute atomic E-state index is 0.0604. The second kappa shape index (κ2) is 9.62. The maximum absolute atomic E-state index is 12.2. The lowest BCUT2D eigenvalue weighted by Crippen LogP contribution is -2.20. The molecule has 3 aromatic carbocycles. The summed E-state index contributed by atoms with van der Waals surface area (Å²) in [7, 11) is 0. The summed E-state index contributed by atoms with van der Waals surface area (Å²) in [6.45, 7) is 2.47. The molecule has 3 rings (SSSR count). The standard InChI is InChI=1S/C22H20BrClN2O2/c1-15-5-4-7-18(11-15)26-22(27)14-28-21-8-3-2-6-16(21)13-25-17-9-10-19(23)20(24)12-17/h2-12,25H,13-14H2,1H3,(H,26,27). The van der Waals surface area contributed by atoms with Crippen LogP contribution in [0.1, 0.15) is 11.1 Å². The zero-order valence-corrected chi connectivity index (χ0v) is 17.7. The van der Waals surface area contributed by atoms with Gasteiger partial charge in [0.05, 0.1) is 5.02 Å². The van der Waals surface area contributed by atoms with Crippen molar-refractivity contribution in [1.29, 1.82) is 0 Å². The van der Waals surface area contributed by atoms with Crippen molar-refractivity contribution in [1.82, 2.24) is 0 Å². The van der Waals surface area contributed by atoms with Crippen molar-refractivity contribution in [2.24, 2.45) is 0 Å². The minimum atomic E-state index is -0.201. The number of benzene rings is 3. The van der Waals surface area contributed by atoms with Gasteiger partial charge in [-0.05, 0) is 64.8 Å². The summed E-state index contributed by atoms with van der Waals surface area (Å²) in [6, 6.07) is 21.0. The number of para-hydroxylation sites is 1. The summed E-state index contributed by atoms with van der Waals surface area (Å²) in [4.78, 5) is 12.2. The Morgan fingerprint density at radius 3 is 2.64 bits per heavy atom. The molecule has 4 nitrogen and oxygen atoms in total. The highest BCUT2D eigenvalue weighted by molar-refractivity contribution is 9.10. The molecule has 6 heteroatoms. The molecule has 0 fully saturated rings. The van der Waals surface area contributed by atoms with Crippen LogP contribution in [0.5, 0.6) is 5.75 Å². The van der Waals surface area contributed by atoms with E-state index in [2.05, 4.69) is 26.6 Å².